The maximum absolute atomic E-state index is 13.5. The molecule has 5 fully saturated rings. The third kappa shape index (κ3) is 3.24. The number of aliphatic hydroxyl groups is 1. The van der Waals surface area contributed by atoms with Gasteiger partial charge in [-0.3, -0.25) is 9.59 Å². The molecule has 0 radical (unpaired) electrons. The largest absolute Gasteiger partial charge is 0.479 e. The Bertz CT molecular complexity index is 623. The number of carbonyl (C=O) groups is 3. The Hall–Kier alpha value is -1.63. The summed E-state index contributed by atoms with van der Waals surface area (Å²) < 4.78 is 0. The number of carboxylic acid groups (broad SMARTS) is 1. The first-order valence-corrected chi connectivity index (χ1v) is 10.2. The van der Waals surface area contributed by atoms with E-state index in [0.717, 1.165) is 32.6 Å². The highest BCUT2D eigenvalue weighted by Gasteiger charge is 2.56. The number of amides is 2. The molecule has 7 heteroatoms. The van der Waals surface area contributed by atoms with Gasteiger partial charge in [-0.2, -0.15) is 0 Å². The van der Waals surface area contributed by atoms with Gasteiger partial charge in [-0.25, -0.2) is 4.79 Å². The van der Waals surface area contributed by atoms with E-state index in [4.69, 9.17) is 5.11 Å². The van der Waals surface area contributed by atoms with Crippen molar-refractivity contribution in [1.29, 1.82) is 0 Å². The molecular formula is C20H30N2O5. The third-order valence-corrected chi connectivity index (χ3v) is 7.38. The molecule has 0 spiro atoms. The summed E-state index contributed by atoms with van der Waals surface area (Å²) in [5, 5.41) is 21.3. The van der Waals surface area contributed by atoms with E-state index in [9.17, 15) is 19.5 Å². The minimum absolute atomic E-state index is 0.143. The molecule has 1 heterocycles. The number of nitrogens with one attached hydrogen (secondary N) is 1. The zero-order valence-electron chi connectivity index (χ0n) is 15.9. The molecule has 4 aliphatic carbocycles. The second-order valence-corrected chi connectivity index (χ2v) is 9.65. The van der Waals surface area contributed by atoms with Crippen LogP contribution in [0.3, 0.4) is 0 Å². The predicted octanol–water partition coefficient (Wildman–Crippen LogP) is 1.15. The molecule has 2 atom stereocenters. The Balaban J connectivity index is 1.44. The molecule has 2 unspecified atom stereocenters. The van der Waals surface area contributed by atoms with E-state index in [0.29, 0.717) is 30.7 Å². The van der Waals surface area contributed by atoms with Gasteiger partial charge in [0.2, 0.25) is 11.8 Å². The van der Waals surface area contributed by atoms with Gasteiger partial charge in [0.1, 0.15) is 6.04 Å². The van der Waals surface area contributed by atoms with E-state index in [1.54, 1.807) is 4.90 Å². The van der Waals surface area contributed by atoms with Gasteiger partial charge in [0.15, 0.2) is 5.60 Å². The van der Waals surface area contributed by atoms with E-state index in [-0.39, 0.29) is 23.8 Å². The zero-order valence-corrected chi connectivity index (χ0v) is 15.9. The van der Waals surface area contributed by atoms with E-state index >= 15 is 0 Å². The van der Waals surface area contributed by atoms with Crippen molar-refractivity contribution in [2.24, 2.45) is 23.2 Å². The van der Waals surface area contributed by atoms with Gasteiger partial charge < -0.3 is 20.4 Å². The second kappa shape index (κ2) is 6.47. The number of hydrogen-bond donors (Lipinski definition) is 3. The molecule has 4 bridgehead atoms. The molecule has 0 aromatic heterocycles. The quantitative estimate of drug-likeness (QED) is 0.665. The third-order valence-electron chi connectivity index (χ3n) is 7.38. The summed E-state index contributed by atoms with van der Waals surface area (Å²) in [5.74, 6) is 0.411. The van der Waals surface area contributed by atoms with Gasteiger partial charge in [0.25, 0.3) is 0 Å². The van der Waals surface area contributed by atoms with E-state index in [1.807, 2.05) is 0 Å². The number of carboxylic acids is 1. The lowest BCUT2D eigenvalue weighted by atomic mass is 9.49. The molecule has 150 valence electrons. The van der Waals surface area contributed by atoms with Crippen LogP contribution in [0.25, 0.3) is 0 Å². The van der Waals surface area contributed by atoms with Gasteiger partial charge in [-0.05, 0) is 76.0 Å². The van der Waals surface area contributed by atoms with Crippen LogP contribution in [0.2, 0.25) is 0 Å². The predicted molar refractivity (Wildman–Crippen MR) is 96.6 cm³/mol. The second-order valence-electron chi connectivity index (χ2n) is 9.65. The molecule has 1 saturated heterocycles. The molecule has 2 amide bonds. The Morgan fingerprint density at radius 2 is 1.67 bits per heavy atom. The Kier molecular flexibility index (Phi) is 4.48. The fourth-order valence-corrected chi connectivity index (χ4v) is 6.41. The molecular weight excluding hydrogens is 348 g/mol. The number of aliphatic carboxylic acids is 1. The highest BCUT2D eigenvalue weighted by atomic mass is 16.4. The van der Waals surface area contributed by atoms with Crippen molar-refractivity contribution >= 4 is 17.8 Å². The van der Waals surface area contributed by atoms with Gasteiger partial charge in [0.05, 0.1) is 12.0 Å². The van der Waals surface area contributed by atoms with Gasteiger partial charge in [0, 0.05) is 6.54 Å². The van der Waals surface area contributed by atoms with Crippen molar-refractivity contribution in [2.45, 2.75) is 69.9 Å². The van der Waals surface area contributed by atoms with Crippen LogP contribution in [-0.2, 0) is 14.4 Å². The van der Waals surface area contributed by atoms with Gasteiger partial charge in [-0.15, -0.1) is 0 Å². The van der Waals surface area contributed by atoms with Gasteiger partial charge >= 0.3 is 5.97 Å². The van der Waals surface area contributed by atoms with Crippen LogP contribution in [0.4, 0.5) is 0 Å². The van der Waals surface area contributed by atoms with Crippen LogP contribution in [0.1, 0.15) is 58.3 Å². The lowest BCUT2D eigenvalue weighted by molar-refractivity contribution is -0.161. The number of nitrogens with zero attached hydrogens (tertiary/aromatic N) is 1. The normalized spacial score (nSPS) is 39.3. The topological polar surface area (TPSA) is 107 Å². The Morgan fingerprint density at radius 1 is 1.11 bits per heavy atom. The molecule has 7 nitrogen and oxygen atoms in total. The van der Waals surface area contributed by atoms with Crippen molar-refractivity contribution in [3.8, 4) is 0 Å². The van der Waals surface area contributed by atoms with Crippen LogP contribution in [0, 0.1) is 23.2 Å². The maximum Gasteiger partial charge on any atom is 0.337 e. The van der Waals surface area contributed by atoms with Crippen LogP contribution < -0.4 is 5.32 Å². The minimum Gasteiger partial charge on any atom is -0.479 e. The smallest absolute Gasteiger partial charge is 0.337 e. The highest BCUT2D eigenvalue weighted by molar-refractivity contribution is 5.91. The Labute approximate surface area is 159 Å². The fraction of sp³-hybridized carbons (Fsp3) is 0.850. The molecule has 3 N–H and O–H groups in total. The fourth-order valence-electron chi connectivity index (χ4n) is 6.41. The molecule has 5 rings (SSSR count). The first kappa shape index (κ1) is 18.7. The number of likely N-dealkylation sites (tertiary alicyclic amines) is 1. The molecule has 27 heavy (non-hydrogen) atoms. The summed E-state index contributed by atoms with van der Waals surface area (Å²) in [6.07, 6.45) is 8.08. The van der Waals surface area contributed by atoms with Crippen molar-refractivity contribution in [2.75, 3.05) is 13.1 Å². The van der Waals surface area contributed by atoms with Crippen molar-refractivity contribution in [3.05, 3.63) is 0 Å². The monoisotopic (exact) mass is 378 g/mol. The SMILES string of the molecule is CC(O)(CNC(=O)C1CCCN1C(=O)C12CC3CC(CC(C3)C1)C2)C(=O)O. The average Bonchev–Trinajstić information content (AvgIpc) is 3.07. The summed E-state index contributed by atoms with van der Waals surface area (Å²) in [6, 6.07) is -0.546. The van der Waals surface area contributed by atoms with Crippen molar-refractivity contribution in [1.82, 2.24) is 10.2 Å². The first-order valence-electron chi connectivity index (χ1n) is 10.2. The summed E-state index contributed by atoms with van der Waals surface area (Å²) in [4.78, 5) is 38.9. The summed E-state index contributed by atoms with van der Waals surface area (Å²) in [7, 11) is 0. The van der Waals surface area contributed by atoms with Crippen LogP contribution >= 0.6 is 0 Å². The number of hydrogen-bond acceptors (Lipinski definition) is 4. The molecule has 4 saturated carbocycles. The molecule has 0 aromatic rings. The maximum atomic E-state index is 13.5. The highest BCUT2D eigenvalue weighted by Crippen LogP contribution is 2.60. The average molecular weight is 378 g/mol. The molecule has 5 aliphatic rings. The molecule has 1 aliphatic heterocycles. The van der Waals surface area contributed by atoms with E-state index in [2.05, 4.69) is 5.32 Å². The van der Waals surface area contributed by atoms with Crippen molar-refractivity contribution in [3.63, 3.8) is 0 Å². The summed E-state index contributed by atoms with van der Waals surface area (Å²) in [5.41, 5.74) is -2.28. The Morgan fingerprint density at radius 3 is 2.19 bits per heavy atom. The zero-order chi connectivity index (χ0) is 19.4. The lowest BCUT2D eigenvalue weighted by Gasteiger charge is -2.56. The van der Waals surface area contributed by atoms with Gasteiger partial charge in [-0.1, -0.05) is 0 Å². The van der Waals surface area contributed by atoms with Crippen LogP contribution in [-0.4, -0.2) is 57.6 Å². The number of rotatable bonds is 5. The van der Waals surface area contributed by atoms with E-state index < -0.39 is 17.6 Å². The van der Waals surface area contributed by atoms with Crippen LogP contribution in [0.5, 0.6) is 0 Å². The minimum atomic E-state index is -2.01. The standard InChI is InChI=1S/C20H30N2O5/c1-19(27,18(25)26)11-21-16(23)15-3-2-4-22(15)17(24)20-8-12-5-13(9-20)7-14(6-12)10-20/h12-15,27H,2-11H2,1H3,(H,21,23)(H,25,26). The summed E-state index contributed by atoms with van der Waals surface area (Å²) >= 11 is 0. The van der Waals surface area contributed by atoms with Crippen LogP contribution in [0.15, 0.2) is 0 Å². The first-order chi connectivity index (χ1) is 12.7. The molecule has 0 aromatic carbocycles. The summed E-state index contributed by atoms with van der Waals surface area (Å²) in [6.45, 7) is 1.38. The van der Waals surface area contributed by atoms with Crippen molar-refractivity contribution < 1.29 is 24.6 Å². The number of carbonyl (C=O) groups excluding carboxylic acids is 2. The van der Waals surface area contributed by atoms with E-state index in [1.165, 1.54) is 19.3 Å². The lowest BCUT2D eigenvalue weighted by Crippen LogP contribution is -2.58.